The summed E-state index contributed by atoms with van der Waals surface area (Å²) in [5.74, 6) is -0.382. The smallest absolute Gasteiger partial charge is 0.302 e. The number of esters is 1. The van der Waals surface area contributed by atoms with Gasteiger partial charge in [-0.3, -0.25) is 4.79 Å². The highest BCUT2D eigenvalue weighted by molar-refractivity contribution is 6.99. The molecule has 0 N–H and O–H groups in total. The standard InChI is InChI=1S/C26H35N3O4Si/c1-18-19(2)24(28-29-27)25(32-23(18)17-31-20(3)30)33-34(26(4,5)6,21-13-9-7-10-14-21)22-15-11-8-12-16-22/h7-16,18-19,23-25H,17H2,1-6H3/t18-,19-,23?,24?,25-/m0/s1. The van der Waals surface area contributed by atoms with E-state index in [1.165, 1.54) is 6.92 Å². The van der Waals surface area contributed by atoms with Gasteiger partial charge in [-0.15, -0.1) is 0 Å². The van der Waals surface area contributed by atoms with Gasteiger partial charge in [0.2, 0.25) is 0 Å². The van der Waals surface area contributed by atoms with Crippen LogP contribution in [0.1, 0.15) is 41.5 Å². The Morgan fingerprint density at radius 3 is 2.00 bits per heavy atom. The van der Waals surface area contributed by atoms with Crippen LogP contribution in [-0.4, -0.2) is 39.3 Å². The van der Waals surface area contributed by atoms with Crippen molar-refractivity contribution in [2.24, 2.45) is 17.0 Å². The van der Waals surface area contributed by atoms with Crippen LogP contribution >= 0.6 is 0 Å². The summed E-state index contributed by atoms with van der Waals surface area (Å²) < 4.78 is 18.9. The van der Waals surface area contributed by atoms with E-state index in [4.69, 9.17) is 13.9 Å². The highest BCUT2D eigenvalue weighted by Crippen LogP contribution is 2.41. The fourth-order valence-corrected chi connectivity index (χ4v) is 9.41. The second kappa shape index (κ2) is 10.7. The molecule has 182 valence electrons. The van der Waals surface area contributed by atoms with Crippen molar-refractivity contribution in [3.05, 3.63) is 71.1 Å². The molecular weight excluding hydrogens is 446 g/mol. The van der Waals surface area contributed by atoms with Gasteiger partial charge in [0.15, 0.2) is 6.29 Å². The molecular formula is C26H35N3O4Si. The molecule has 3 rings (SSSR count). The van der Waals surface area contributed by atoms with Crippen LogP contribution in [0.5, 0.6) is 0 Å². The molecule has 7 nitrogen and oxygen atoms in total. The minimum atomic E-state index is -2.95. The third-order valence-corrected chi connectivity index (χ3v) is 11.9. The highest BCUT2D eigenvalue weighted by Gasteiger charge is 2.54. The monoisotopic (exact) mass is 481 g/mol. The van der Waals surface area contributed by atoms with Gasteiger partial charge in [-0.2, -0.15) is 0 Å². The lowest BCUT2D eigenvalue weighted by atomic mass is 9.82. The van der Waals surface area contributed by atoms with E-state index in [1.807, 2.05) is 50.2 Å². The molecule has 1 aliphatic rings. The molecule has 0 amide bonds. The molecule has 2 unspecified atom stereocenters. The van der Waals surface area contributed by atoms with Gasteiger partial charge >= 0.3 is 5.97 Å². The zero-order valence-corrected chi connectivity index (χ0v) is 21.8. The summed E-state index contributed by atoms with van der Waals surface area (Å²) in [4.78, 5) is 14.6. The lowest BCUT2D eigenvalue weighted by Crippen LogP contribution is -2.69. The molecule has 2 aromatic carbocycles. The van der Waals surface area contributed by atoms with Crippen molar-refractivity contribution in [2.75, 3.05) is 6.61 Å². The third kappa shape index (κ3) is 5.20. The zero-order valence-electron chi connectivity index (χ0n) is 20.8. The first-order valence-corrected chi connectivity index (χ1v) is 13.6. The summed E-state index contributed by atoms with van der Waals surface area (Å²) in [5, 5.41) is 6.08. The van der Waals surface area contributed by atoms with Gasteiger partial charge in [0.1, 0.15) is 6.61 Å². The zero-order chi connectivity index (χ0) is 24.9. The molecule has 0 aromatic heterocycles. The predicted molar refractivity (Wildman–Crippen MR) is 135 cm³/mol. The molecule has 0 radical (unpaired) electrons. The molecule has 0 spiro atoms. The molecule has 0 bridgehead atoms. The van der Waals surface area contributed by atoms with Crippen LogP contribution in [0.3, 0.4) is 0 Å². The van der Waals surface area contributed by atoms with Gasteiger partial charge in [-0.05, 0) is 32.8 Å². The second-order valence-corrected chi connectivity index (χ2v) is 14.3. The molecule has 8 heteroatoms. The van der Waals surface area contributed by atoms with Crippen molar-refractivity contribution < 1.29 is 18.7 Å². The molecule has 1 heterocycles. The quantitative estimate of drug-likeness (QED) is 0.187. The SMILES string of the molecule is CC(=O)OCC1O[C@@H](O[Si](c2ccccc2)(c2ccccc2)C(C)(C)C)C(N=[N+]=[N-])[C@@H](C)[C@@H]1C. The lowest BCUT2D eigenvalue weighted by Gasteiger charge is -2.49. The average molecular weight is 482 g/mol. The number of azide groups is 1. The van der Waals surface area contributed by atoms with Crippen LogP contribution < -0.4 is 10.4 Å². The summed E-state index contributed by atoms with van der Waals surface area (Å²) in [5.41, 5.74) is 9.36. The highest BCUT2D eigenvalue weighted by atomic mass is 28.4. The van der Waals surface area contributed by atoms with Crippen LogP contribution in [0.2, 0.25) is 5.04 Å². The van der Waals surface area contributed by atoms with Gasteiger partial charge in [-0.25, -0.2) is 0 Å². The number of carbonyl (C=O) groups excluding carboxylic acids is 1. The summed E-state index contributed by atoms with van der Waals surface area (Å²) in [7, 11) is -2.95. The Morgan fingerprint density at radius 1 is 1.03 bits per heavy atom. The van der Waals surface area contributed by atoms with Crippen LogP contribution in [0.25, 0.3) is 10.4 Å². The van der Waals surface area contributed by atoms with E-state index < -0.39 is 20.6 Å². The first-order chi connectivity index (χ1) is 16.1. The van der Waals surface area contributed by atoms with Crippen molar-refractivity contribution in [2.45, 2.75) is 65.0 Å². The minimum absolute atomic E-state index is 0.00820. The predicted octanol–water partition coefficient (Wildman–Crippen LogP) is 4.80. The molecule has 0 saturated carbocycles. The first kappa shape index (κ1) is 26.0. The van der Waals surface area contributed by atoms with E-state index in [0.717, 1.165) is 10.4 Å². The van der Waals surface area contributed by atoms with Crippen LogP contribution in [0.4, 0.5) is 0 Å². The maximum Gasteiger partial charge on any atom is 0.302 e. The number of benzene rings is 2. The number of hydrogen-bond acceptors (Lipinski definition) is 5. The van der Waals surface area contributed by atoms with Crippen molar-refractivity contribution in [3.8, 4) is 0 Å². The molecule has 1 saturated heterocycles. The summed E-state index contributed by atoms with van der Waals surface area (Å²) in [6.07, 6.45) is -1.15. The van der Waals surface area contributed by atoms with Gasteiger partial charge in [0.05, 0.1) is 12.1 Å². The molecule has 34 heavy (non-hydrogen) atoms. The Balaban J connectivity index is 2.14. The molecule has 2 aromatic rings. The van der Waals surface area contributed by atoms with E-state index in [9.17, 15) is 10.3 Å². The van der Waals surface area contributed by atoms with Crippen LogP contribution in [-0.2, 0) is 18.7 Å². The summed E-state index contributed by atoms with van der Waals surface area (Å²) >= 11 is 0. The number of rotatable bonds is 7. The van der Waals surface area contributed by atoms with E-state index in [1.54, 1.807) is 0 Å². The van der Waals surface area contributed by atoms with E-state index in [-0.39, 0.29) is 35.6 Å². The average Bonchev–Trinajstić information content (AvgIpc) is 2.81. The first-order valence-electron chi connectivity index (χ1n) is 11.7. The van der Waals surface area contributed by atoms with Crippen LogP contribution in [0, 0.1) is 11.8 Å². The van der Waals surface area contributed by atoms with Gasteiger partial charge in [-0.1, -0.05) is 100 Å². The number of ether oxygens (including phenoxy) is 2. The van der Waals surface area contributed by atoms with E-state index >= 15 is 0 Å². The number of nitrogens with zero attached hydrogens (tertiary/aromatic N) is 3. The maximum atomic E-state index is 11.5. The largest absolute Gasteiger partial charge is 0.463 e. The molecule has 1 aliphatic heterocycles. The lowest BCUT2D eigenvalue weighted by molar-refractivity contribution is -0.210. The Kier molecular flexibility index (Phi) is 8.20. The number of carbonyl (C=O) groups is 1. The maximum absolute atomic E-state index is 11.5. The Bertz CT molecular complexity index is 966. The van der Waals surface area contributed by atoms with E-state index in [0.29, 0.717) is 0 Å². The normalized spacial score (nSPS) is 25.3. The van der Waals surface area contributed by atoms with Gasteiger partial charge in [0.25, 0.3) is 8.32 Å². The van der Waals surface area contributed by atoms with Gasteiger partial charge in [0, 0.05) is 11.8 Å². The Labute approximate surface area is 203 Å². The Hall–Kier alpha value is -2.64. The fourth-order valence-electron chi connectivity index (χ4n) is 4.85. The number of hydrogen-bond donors (Lipinski definition) is 0. The third-order valence-electron chi connectivity index (χ3n) is 6.89. The fraction of sp³-hybridized carbons (Fsp3) is 0.500. The van der Waals surface area contributed by atoms with Crippen molar-refractivity contribution in [3.63, 3.8) is 0 Å². The summed E-state index contributed by atoms with van der Waals surface area (Å²) in [6.45, 7) is 12.1. The van der Waals surface area contributed by atoms with Gasteiger partial charge < -0.3 is 13.9 Å². The van der Waals surface area contributed by atoms with Crippen molar-refractivity contribution >= 4 is 24.7 Å². The topological polar surface area (TPSA) is 93.5 Å². The molecule has 5 atom stereocenters. The van der Waals surface area contributed by atoms with Crippen molar-refractivity contribution in [1.29, 1.82) is 0 Å². The van der Waals surface area contributed by atoms with Crippen LogP contribution in [0.15, 0.2) is 65.8 Å². The Morgan fingerprint density at radius 2 is 1.56 bits per heavy atom. The van der Waals surface area contributed by atoms with Crippen molar-refractivity contribution in [1.82, 2.24) is 0 Å². The second-order valence-electron chi connectivity index (χ2n) is 10.0. The molecule has 0 aliphatic carbocycles. The summed E-state index contributed by atoms with van der Waals surface area (Å²) in [6, 6.07) is 20.0. The van der Waals surface area contributed by atoms with E-state index in [2.05, 4.69) is 55.1 Å². The molecule has 1 fully saturated rings. The minimum Gasteiger partial charge on any atom is -0.463 e.